The fraction of sp³-hybridized carbons (Fsp3) is 0.650. The lowest BCUT2D eigenvalue weighted by atomic mass is 9.92. The van der Waals surface area contributed by atoms with Crippen LogP contribution in [0.2, 0.25) is 0 Å². The van der Waals surface area contributed by atoms with Gasteiger partial charge in [0.2, 0.25) is 0 Å². The van der Waals surface area contributed by atoms with E-state index in [-0.39, 0.29) is 29.9 Å². The molecule has 154 valence electrons. The molecule has 0 saturated carbocycles. The normalized spacial score (nSPS) is 22.5. The first kappa shape index (κ1) is 21.3. The fourth-order valence-corrected chi connectivity index (χ4v) is 5.63. The number of fused-ring (bicyclic) bond motifs is 2. The summed E-state index contributed by atoms with van der Waals surface area (Å²) in [6.07, 6.45) is 6.00. The van der Waals surface area contributed by atoms with Crippen molar-refractivity contribution in [2.45, 2.75) is 65.0 Å². The lowest BCUT2D eigenvalue weighted by molar-refractivity contribution is 0.0578. The Morgan fingerprint density at radius 1 is 1.29 bits per heavy atom. The minimum Gasteiger partial charge on any atom is -0.334 e. The number of nitrogens with two attached hydrogens (primary N) is 1. The number of likely N-dealkylation sites (tertiary alicyclic amines) is 1. The molecule has 6 nitrogen and oxygen atoms in total. The van der Waals surface area contributed by atoms with E-state index in [1.54, 1.807) is 0 Å². The minimum atomic E-state index is 0. The monoisotopic (exact) mass is 424 g/mol. The maximum absolute atomic E-state index is 13.3. The Balaban J connectivity index is 0.00000225. The van der Waals surface area contributed by atoms with Crippen LogP contribution in [0.15, 0.2) is 4.79 Å². The lowest BCUT2D eigenvalue weighted by Crippen LogP contribution is -2.49. The van der Waals surface area contributed by atoms with Gasteiger partial charge in [-0.05, 0) is 44.1 Å². The SMILES string of the molecule is Cc1c(C(=O)N2CCC(C)CC2CN)sc2nc3n(c(=O)c12)CCCCC3.Cl. The number of thiophene rings is 1. The van der Waals surface area contributed by atoms with Crippen molar-refractivity contribution in [1.82, 2.24) is 14.5 Å². The van der Waals surface area contributed by atoms with E-state index in [2.05, 4.69) is 6.92 Å². The third-order valence-electron chi connectivity index (χ3n) is 6.12. The van der Waals surface area contributed by atoms with Crippen LogP contribution in [0.5, 0.6) is 0 Å². The Labute approximate surface area is 175 Å². The zero-order chi connectivity index (χ0) is 19.1. The average Bonchev–Trinajstić information content (AvgIpc) is 2.82. The number of aromatic nitrogens is 2. The zero-order valence-electron chi connectivity index (χ0n) is 16.6. The molecule has 2 aliphatic rings. The van der Waals surface area contributed by atoms with Crippen molar-refractivity contribution in [3.63, 3.8) is 0 Å². The number of halogens is 1. The average molecular weight is 425 g/mol. The lowest BCUT2D eigenvalue weighted by Gasteiger charge is -2.37. The van der Waals surface area contributed by atoms with Crippen LogP contribution in [0.4, 0.5) is 0 Å². The summed E-state index contributed by atoms with van der Waals surface area (Å²) in [7, 11) is 0. The quantitative estimate of drug-likeness (QED) is 0.803. The molecule has 1 saturated heterocycles. The Bertz CT molecular complexity index is 938. The first-order valence-electron chi connectivity index (χ1n) is 10.0. The van der Waals surface area contributed by atoms with Crippen LogP contribution < -0.4 is 11.3 Å². The molecule has 2 unspecified atom stereocenters. The number of nitrogens with zero attached hydrogens (tertiary/aromatic N) is 3. The van der Waals surface area contributed by atoms with Crippen LogP contribution in [-0.4, -0.2) is 39.5 Å². The molecule has 0 spiro atoms. The van der Waals surface area contributed by atoms with Crippen molar-refractivity contribution >= 4 is 39.9 Å². The Morgan fingerprint density at radius 3 is 2.82 bits per heavy atom. The number of rotatable bonds is 2. The third-order valence-corrected chi connectivity index (χ3v) is 7.29. The molecule has 4 rings (SSSR count). The molecule has 0 radical (unpaired) electrons. The van der Waals surface area contributed by atoms with E-state index in [1.807, 2.05) is 16.4 Å². The topological polar surface area (TPSA) is 81.2 Å². The van der Waals surface area contributed by atoms with Crippen LogP contribution in [0, 0.1) is 12.8 Å². The van der Waals surface area contributed by atoms with Gasteiger partial charge in [-0.2, -0.15) is 0 Å². The molecule has 2 aromatic rings. The molecule has 0 aliphatic carbocycles. The van der Waals surface area contributed by atoms with Crippen LogP contribution >= 0.6 is 23.7 Å². The Morgan fingerprint density at radius 2 is 2.07 bits per heavy atom. The van der Waals surface area contributed by atoms with Gasteiger partial charge in [0.15, 0.2) is 0 Å². The predicted molar refractivity (Wildman–Crippen MR) is 116 cm³/mol. The summed E-state index contributed by atoms with van der Waals surface area (Å²) in [6.45, 7) is 6.05. The van der Waals surface area contributed by atoms with Gasteiger partial charge >= 0.3 is 0 Å². The molecule has 0 aromatic carbocycles. The summed E-state index contributed by atoms with van der Waals surface area (Å²) in [4.78, 5) is 34.5. The van der Waals surface area contributed by atoms with Crippen molar-refractivity contribution in [1.29, 1.82) is 0 Å². The minimum absolute atomic E-state index is 0. The molecule has 0 bridgehead atoms. The van der Waals surface area contributed by atoms with Gasteiger partial charge in [0.1, 0.15) is 10.7 Å². The standard InChI is InChI=1S/C20H28N4O2S.ClH/c1-12-7-9-23(14(10-12)11-21)20(26)17-13(2)16-18(27-17)22-15-6-4-3-5-8-24(15)19(16)25;/h12,14H,3-11,21H2,1-2H3;1H. The van der Waals surface area contributed by atoms with Crippen molar-refractivity contribution < 1.29 is 4.79 Å². The van der Waals surface area contributed by atoms with E-state index in [9.17, 15) is 9.59 Å². The molecule has 28 heavy (non-hydrogen) atoms. The van der Waals surface area contributed by atoms with Crippen LogP contribution in [0.1, 0.15) is 60.1 Å². The molecular weight excluding hydrogens is 396 g/mol. The van der Waals surface area contributed by atoms with Crippen LogP contribution in [0.25, 0.3) is 10.2 Å². The summed E-state index contributed by atoms with van der Waals surface area (Å²) >= 11 is 1.38. The highest BCUT2D eigenvalue weighted by molar-refractivity contribution is 7.20. The van der Waals surface area contributed by atoms with Gasteiger partial charge in [-0.1, -0.05) is 13.3 Å². The number of carbonyl (C=O) groups is 1. The third kappa shape index (κ3) is 3.60. The largest absolute Gasteiger partial charge is 0.334 e. The molecule has 1 fully saturated rings. The summed E-state index contributed by atoms with van der Waals surface area (Å²) < 4.78 is 1.83. The second-order valence-electron chi connectivity index (χ2n) is 8.05. The second-order valence-corrected chi connectivity index (χ2v) is 9.05. The van der Waals surface area contributed by atoms with Crippen molar-refractivity contribution in [2.75, 3.05) is 13.1 Å². The van der Waals surface area contributed by atoms with E-state index in [4.69, 9.17) is 10.7 Å². The highest BCUT2D eigenvalue weighted by atomic mass is 35.5. The van der Waals surface area contributed by atoms with E-state index < -0.39 is 0 Å². The second kappa shape index (κ2) is 8.51. The maximum Gasteiger partial charge on any atom is 0.264 e. The van der Waals surface area contributed by atoms with Crippen molar-refractivity contribution in [2.24, 2.45) is 11.7 Å². The summed E-state index contributed by atoms with van der Waals surface area (Å²) in [5.74, 6) is 1.47. The number of amides is 1. The Kier molecular flexibility index (Phi) is 6.47. The molecule has 2 aliphatic heterocycles. The fourth-order valence-electron chi connectivity index (χ4n) is 4.49. The smallest absolute Gasteiger partial charge is 0.264 e. The van der Waals surface area contributed by atoms with E-state index in [1.165, 1.54) is 11.3 Å². The van der Waals surface area contributed by atoms with Crippen LogP contribution in [-0.2, 0) is 13.0 Å². The van der Waals surface area contributed by atoms with E-state index >= 15 is 0 Å². The van der Waals surface area contributed by atoms with Gasteiger partial charge in [-0.3, -0.25) is 14.2 Å². The molecule has 2 N–H and O–H groups in total. The molecular formula is C20H29ClN4O2S. The number of piperidine rings is 1. The van der Waals surface area contributed by atoms with Gasteiger partial charge in [-0.25, -0.2) is 4.98 Å². The number of aryl methyl sites for hydroxylation is 2. The first-order valence-corrected chi connectivity index (χ1v) is 10.9. The summed E-state index contributed by atoms with van der Waals surface area (Å²) in [5.41, 5.74) is 6.75. The van der Waals surface area contributed by atoms with Gasteiger partial charge in [0.25, 0.3) is 11.5 Å². The van der Waals surface area contributed by atoms with E-state index in [0.717, 1.165) is 63.0 Å². The molecule has 8 heteroatoms. The van der Waals surface area contributed by atoms with Gasteiger partial charge in [0.05, 0.1) is 10.3 Å². The first-order chi connectivity index (χ1) is 13.0. The number of hydrogen-bond donors (Lipinski definition) is 1. The summed E-state index contributed by atoms with van der Waals surface area (Å²) in [6, 6.07) is 0.0802. The molecule has 2 atom stereocenters. The molecule has 2 aromatic heterocycles. The summed E-state index contributed by atoms with van der Waals surface area (Å²) in [5, 5.41) is 0.628. The zero-order valence-corrected chi connectivity index (χ0v) is 18.2. The Hall–Kier alpha value is -1.44. The number of carbonyl (C=O) groups excluding carboxylic acids is 1. The maximum atomic E-state index is 13.3. The van der Waals surface area contributed by atoms with Crippen molar-refractivity contribution in [3.05, 3.63) is 26.6 Å². The van der Waals surface area contributed by atoms with Crippen LogP contribution in [0.3, 0.4) is 0 Å². The van der Waals surface area contributed by atoms with Gasteiger partial charge in [-0.15, -0.1) is 23.7 Å². The number of hydrogen-bond acceptors (Lipinski definition) is 5. The highest BCUT2D eigenvalue weighted by Gasteiger charge is 2.32. The molecule has 1 amide bonds. The van der Waals surface area contributed by atoms with Crippen molar-refractivity contribution in [3.8, 4) is 0 Å². The predicted octanol–water partition coefficient (Wildman–Crippen LogP) is 3.11. The highest BCUT2D eigenvalue weighted by Crippen LogP contribution is 2.32. The van der Waals surface area contributed by atoms with E-state index in [0.29, 0.717) is 27.6 Å². The van der Waals surface area contributed by atoms with Gasteiger partial charge < -0.3 is 10.6 Å². The molecule has 4 heterocycles. The van der Waals surface area contributed by atoms with Gasteiger partial charge in [0, 0.05) is 32.1 Å².